The van der Waals surface area contributed by atoms with Crippen molar-refractivity contribution in [2.45, 2.75) is 41.5 Å². The first-order valence-corrected chi connectivity index (χ1v) is 7.16. The van der Waals surface area contributed by atoms with E-state index >= 15 is 0 Å². The minimum Gasteiger partial charge on any atom is -0.478 e. The quantitative estimate of drug-likeness (QED) is 0.819. The first kappa shape index (κ1) is 15.7. The van der Waals surface area contributed by atoms with Gasteiger partial charge in [0.25, 0.3) is 0 Å². The molecule has 0 aliphatic rings. The molecular weight excluding hydrogens is 238 g/mol. The first-order chi connectivity index (χ1) is 8.93. The van der Waals surface area contributed by atoms with Gasteiger partial charge in [0.1, 0.15) is 11.6 Å². The molecule has 0 saturated carbocycles. The predicted molar refractivity (Wildman–Crippen MR) is 79.6 cm³/mol. The minimum absolute atomic E-state index is 0.622. The Balaban J connectivity index is 2.71. The summed E-state index contributed by atoms with van der Waals surface area (Å²) in [6, 6.07) is 1.87. The molecule has 0 aromatic carbocycles. The van der Waals surface area contributed by atoms with Gasteiger partial charge < -0.3 is 10.1 Å². The maximum atomic E-state index is 5.44. The maximum absolute atomic E-state index is 5.44. The number of ether oxygens (including phenoxy) is 1. The summed E-state index contributed by atoms with van der Waals surface area (Å²) in [5.74, 6) is 4.17. The van der Waals surface area contributed by atoms with Crippen LogP contribution in [0, 0.1) is 24.7 Å². The Morgan fingerprint density at radius 3 is 2.32 bits per heavy atom. The summed E-state index contributed by atoms with van der Waals surface area (Å²) in [5, 5.41) is 3.42. The highest BCUT2D eigenvalue weighted by Crippen LogP contribution is 2.21. The second kappa shape index (κ2) is 7.31. The van der Waals surface area contributed by atoms with Crippen molar-refractivity contribution in [3.63, 3.8) is 0 Å². The van der Waals surface area contributed by atoms with E-state index < -0.39 is 0 Å². The fourth-order valence-electron chi connectivity index (χ4n) is 2.32. The van der Waals surface area contributed by atoms with Crippen molar-refractivity contribution in [2.75, 3.05) is 18.5 Å². The molecule has 1 heterocycles. The number of anilines is 1. The van der Waals surface area contributed by atoms with Crippen LogP contribution in [0.25, 0.3) is 0 Å². The second-order valence-corrected chi connectivity index (χ2v) is 5.60. The fourth-order valence-corrected chi connectivity index (χ4v) is 2.32. The van der Waals surface area contributed by atoms with Gasteiger partial charge in [-0.1, -0.05) is 27.7 Å². The van der Waals surface area contributed by atoms with Gasteiger partial charge in [0.2, 0.25) is 5.88 Å². The van der Waals surface area contributed by atoms with Crippen molar-refractivity contribution >= 4 is 5.82 Å². The summed E-state index contributed by atoms with van der Waals surface area (Å²) in [5.41, 5.74) is 0. The number of hydrogen-bond donors (Lipinski definition) is 1. The average molecular weight is 265 g/mol. The zero-order chi connectivity index (χ0) is 14.4. The number of hydrogen-bond acceptors (Lipinski definition) is 4. The van der Waals surface area contributed by atoms with E-state index in [0.29, 0.717) is 30.2 Å². The highest BCUT2D eigenvalue weighted by molar-refractivity contribution is 5.38. The van der Waals surface area contributed by atoms with Crippen molar-refractivity contribution in [2.24, 2.45) is 17.8 Å². The summed E-state index contributed by atoms with van der Waals surface area (Å²) < 4.78 is 5.44. The van der Waals surface area contributed by atoms with Gasteiger partial charge in [0.05, 0.1) is 6.61 Å². The third-order valence-corrected chi connectivity index (χ3v) is 3.34. The number of nitrogens with zero attached hydrogens (tertiary/aromatic N) is 2. The van der Waals surface area contributed by atoms with Crippen LogP contribution >= 0.6 is 0 Å². The van der Waals surface area contributed by atoms with Gasteiger partial charge in [0, 0.05) is 12.6 Å². The minimum atomic E-state index is 0.622. The van der Waals surface area contributed by atoms with E-state index in [9.17, 15) is 0 Å². The van der Waals surface area contributed by atoms with Crippen molar-refractivity contribution in [3.05, 3.63) is 11.9 Å². The molecule has 4 heteroatoms. The molecule has 0 saturated heterocycles. The van der Waals surface area contributed by atoms with Crippen molar-refractivity contribution < 1.29 is 4.74 Å². The van der Waals surface area contributed by atoms with Crippen LogP contribution in [0.2, 0.25) is 0 Å². The number of aryl methyl sites for hydroxylation is 1. The molecule has 0 radical (unpaired) electrons. The Kier molecular flexibility index (Phi) is 6.06. The third kappa shape index (κ3) is 5.05. The molecule has 1 aromatic rings. The van der Waals surface area contributed by atoms with Gasteiger partial charge in [-0.25, -0.2) is 4.98 Å². The summed E-state index contributed by atoms with van der Waals surface area (Å²) in [7, 11) is 0. The van der Waals surface area contributed by atoms with Crippen LogP contribution in [0.15, 0.2) is 6.07 Å². The highest BCUT2D eigenvalue weighted by Gasteiger charge is 2.17. The van der Waals surface area contributed by atoms with Gasteiger partial charge in [0.15, 0.2) is 0 Å². The maximum Gasteiger partial charge on any atom is 0.218 e. The average Bonchev–Trinajstić information content (AvgIpc) is 2.27. The van der Waals surface area contributed by atoms with E-state index in [2.05, 4.69) is 43.0 Å². The number of nitrogens with one attached hydrogen (secondary N) is 1. The summed E-state index contributed by atoms with van der Waals surface area (Å²) in [6.07, 6.45) is 0. The van der Waals surface area contributed by atoms with E-state index in [0.717, 1.165) is 18.2 Å². The Labute approximate surface area is 117 Å². The lowest BCUT2D eigenvalue weighted by molar-refractivity contribution is 0.304. The van der Waals surface area contributed by atoms with E-state index in [-0.39, 0.29) is 0 Å². The van der Waals surface area contributed by atoms with Crippen LogP contribution in [-0.4, -0.2) is 23.1 Å². The molecular formula is C15H27N3O. The number of aromatic nitrogens is 2. The molecule has 0 bridgehead atoms. The molecule has 4 nitrogen and oxygen atoms in total. The smallest absolute Gasteiger partial charge is 0.218 e. The molecule has 19 heavy (non-hydrogen) atoms. The van der Waals surface area contributed by atoms with Crippen LogP contribution in [0.3, 0.4) is 0 Å². The largest absolute Gasteiger partial charge is 0.478 e. The third-order valence-electron chi connectivity index (χ3n) is 3.34. The normalized spacial score (nSPS) is 11.4. The Morgan fingerprint density at radius 2 is 1.79 bits per heavy atom. The van der Waals surface area contributed by atoms with Crippen LogP contribution < -0.4 is 10.1 Å². The summed E-state index contributed by atoms with van der Waals surface area (Å²) >= 11 is 0. The lowest BCUT2D eigenvalue weighted by Crippen LogP contribution is -2.25. The van der Waals surface area contributed by atoms with E-state index in [1.165, 1.54) is 0 Å². The molecule has 0 spiro atoms. The van der Waals surface area contributed by atoms with Crippen LogP contribution in [0.1, 0.15) is 40.4 Å². The zero-order valence-corrected chi connectivity index (χ0v) is 13.0. The molecule has 0 fully saturated rings. The molecule has 0 aliphatic carbocycles. The standard InChI is InChI=1S/C15H27N3O/c1-7-19-15-8-14(17-12(6)18-15)16-9-13(10(2)3)11(4)5/h8,10-11,13H,7,9H2,1-6H3,(H,16,17,18). The van der Waals surface area contributed by atoms with Gasteiger partial charge in [-0.2, -0.15) is 4.98 Å². The summed E-state index contributed by atoms with van der Waals surface area (Å²) in [6.45, 7) is 14.5. The van der Waals surface area contributed by atoms with Crippen LogP contribution in [0.4, 0.5) is 5.82 Å². The fraction of sp³-hybridized carbons (Fsp3) is 0.733. The van der Waals surface area contributed by atoms with Crippen molar-refractivity contribution in [1.82, 2.24) is 9.97 Å². The van der Waals surface area contributed by atoms with Gasteiger partial charge in [-0.05, 0) is 31.6 Å². The molecule has 0 aliphatic heterocycles. The molecule has 0 unspecified atom stereocenters. The van der Waals surface area contributed by atoms with E-state index in [1.54, 1.807) is 0 Å². The van der Waals surface area contributed by atoms with Gasteiger partial charge in [-0.15, -0.1) is 0 Å². The predicted octanol–water partition coefficient (Wildman–Crippen LogP) is 3.52. The SMILES string of the molecule is CCOc1cc(NCC(C(C)C)C(C)C)nc(C)n1. The lowest BCUT2D eigenvalue weighted by atomic mass is 9.85. The van der Waals surface area contributed by atoms with E-state index in [4.69, 9.17) is 4.74 Å². The molecule has 1 N–H and O–H groups in total. The van der Waals surface area contributed by atoms with Crippen molar-refractivity contribution in [3.8, 4) is 5.88 Å². The monoisotopic (exact) mass is 265 g/mol. The van der Waals surface area contributed by atoms with Crippen molar-refractivity contribution in [1.29, 1.82) is 0 Å². The Bertz CT molecular complexity index is 383. The molecule has 0 atom stereocenters. The molecule has 0 amide bonds. The lowest BCUT2D eigenvalue weighted by Gasteiger charge is -2.25. The molecule has 1 aromatic heterocycles. The molecule has 108 valence electrons. The topological polar surface area (TPSA) is 47.0 Å². The zero-order valence-electron chi connectivity index (χ0n) is 13.0. The second-order valence-electron chi connectivity index (χ2n) is 5.60. The van der Waals surface area contributed by atoms with Crippen LogP contribution in [-0.2, 0) is 0 Å². The first-order valence-electron chi connectivity index (χ1n) is 7.16. The van der Waals surface area contributed by atoms with Gasteiger partial charge in [-0.3, -0.25) is 0 Å². The highest BCUT2D eigenvalue weighted by atomic mass is 16.5. The Morgan fingerprint density at radius 1 is 1.16 bits per heavy atom. The van der Waals surface area contributed by atoms with Gasteiger partial charge >= 0.3 is 0 Å². The number of rotatable bonds is 7. The Hall–Kier alpha value is -1.32. The summed E-state index contributed by atoms with van der Waals surface area (Å²) in [4.78, 5) is 8.65. The van der Waals surface area contributed by atoms with E-state index in [1.807, 2.05) is 19.9 Å². The molecule has 1 rings (SSSR count). The van der Waals surface area contributed by atoms with Crippen LogP contribution in [0.5, 0.6) is 5.88 Å².